The quantitative estimate of drug-likeness (QED) is 0.711. The number of nitrogens with zero attached hydrogens (tertiary/aromatic N) is 2. The Kier molecular flexibility index (Phi) is 5.45. The molecule has 1 aromatic heterocycles. The van der Waals surface area contributed by atoms with E-state index >= 15 is 0 Å². The van der Waals surface area contributed by atoms with E-state index in [1.54, 1.807) is 25.1 Å². The lowest BCUT2D eigenvalue weighted by Crippen LogP contribution is -2.24. The first-order chi connectivity index (χ1) is 12.9. The largest absolute Gasteiger partial charge is 0.347 e. The zero-order valence-corrected chi connectivity index (χ0v) is 15.5. The second-order valence-electron chi connectivity index (χ2n) is 6.42. The summed E-state index contributed by atoms with van der Waals surface area (Å²) in [5, 5.41) is 6.01. The zero-order chi connectivity index (χ0) is 19.4. The van der Waals surface area contributed by atoms with Crippen LogP contribution in [-0.4, -0.2) is 15.9 Å². The number of hydrogen-bond acceptors (Lipinski definition) is 4. The van der Waals surface area contributed by atoms with Crippen molar-refractivity contribution in [1.29, 1.82) is 0 Å². The predicted molar refractivity (Wildman–Crippen MR) is 104 cm³/mol. The summed E-state index contributed by atoms with van der Waals surface area (Å²) >= 11 is 0. The molecule has 0 aliphatic carbocycles. The molecular weight excluding hydrogens is 343 g/mol. The maximum Gasteiger partial charge on any atom is 0.270 e. The van der Waals surface area contributed by atoms with Crippen LogP contribution in [0.3, 0.4) is 0 Å². The summed E-state index contributed by atoms with van der Waals surface area (Å²) < 4.78 is 13.0. The second kappa shape index (κ2) is 7.95. The average molecular weight is 364 g/mol. The Labute approximate surface area is 157 Å². The molecule has 0 saturated heterocycles. The molecule has 0 aliphatic heterocycles. The van der Waals surface area contributed by atoms with Gasteiger partial charge in [-0.3, -0.25) is 4.79 Å². The number of anilines is 2. The molecule has 0 unspecified atom stereocenters. The molecule has 1 amide bonds. The number of hydrogen-bond donors (Lipinski definition) is 2. The molecule has 2 aromatic carbocycles. The van der Waals surface area contributed by atoms with Crippen LogP contribution >= 0.6 is 0 Å². The van der Waals surface area contributed by atoms with Crippen molar-refractivity contribution in [3.05, 3.63) is 82.6 Å². The van der Waals surface area contributed by atoms with E-state index in [-0.39, 0.29) is 17.4 Å². The lowest BCUT2D eigenvalue weighted by molar-refractivity contribution is 0.0945. The van der Waals surface area contributed by atoms with E-state index < -0.39 is 0 Å². The molecule has 0 radical (unpaired) electrons. The van der Waals surface area contributed by atoms with Gasteiger partial charge >= 0.3 is 0 Å². The Bertz CT molecular complexity index is 970. The first-order valence-electron chi connectivity index (χ1n) is 8.63. The van der Waals surface area contributed by atoms with Gasteiger partial charge in [-0.1, -0.05) is 18.2 Å². The highest BCUT2D eigenvalue weighted by Crippen LogP contribution is 2.19. The molecule has 3 aromatic rings. The van der Waals surface area contributed by atoms with Crippen LogP contribution in [0.2, 0.25) is 0 Å². The lowest BCUT2D eigenvalue weighted by atomic mass is 10.1. The third-order valence-corrected chi connectivity index (χ3v) is 4.22. The summed E-state index contributed by atoms with van der Waals surface area (Å²) in [6.45, 7) is 6.13. The van der Waals surface area contributed by atoms with Crippen molar-refractivity contribution >= 4 is 17.4 Å². The van der Waals surface area contributed by atoms with Gasteiger partial charge < -0.3 is 10.6 Å². The monoisotopic (exact) mass is 364 g/mol. The normalized spacial score (nSPS) is 10.5. The third kappa shape index (κ3) is 4.88. The van der Waals surface area contributed by atoms with E-state index in [1.807, 2.05) is 25.1 Å². The van der Waals surface area contributed by atoms with Gasteiger partial charge in [0.1, 0.15) is 23.2 Å². The smallest absolute Gasteiger partial charge is 0.270 e. The van der Waals surface area contributed by atoms with Crippen molar-refractivity contribution in [2.24, 2.45) is 0 Å². The molecule has 27 heavy (non-hydrogen) atoms. The number of carbonyl (C=O) groups excluding carboxylic acids is 1. The Morgan fingerprint density at radius 3 is 2.41 bits per heavy atom. The molecule has 1 heterocycles. The summed E-state index contributed by atoms with van der Waals surface area (Å²) in [6, 6.07) is 13.6. The van der Waals surface area contributed by atoms with E-state index in [1.165, 1.54) is 23.3 Å². The average Bonchev–Trinajstić information content (AvgIpc) is 2.63. The number of halogens is 1. The van der Waals surface area contributed by atoms with Crippen LogP contribution in [-0.2, 0) is 6.54 Å². The number of rotatable bonds is 5. The van der Waals surface area contributed by atoms with Crippen molar-refractivity contribution in [2.75, 3.05) is 5.32 Å². The maximum atomic E-state index is 13.0. The van der Waals surface area contributed by atoms with Gasteiger partial charge in [0, 0.05) is 18.3 Å². The maximum absolute atomic E-state index is 13.0. The fraction of sp³-hybridized carbons (Fsp3) is 0.190. The molecule has 0 saturated carbocycles. The molecule has 2 N–H and O–H groups in total. The molecule has 0 fully saturated rings. The molecule has 138 valence electrons. The topological polar surface area (TPSA) is 66.9 Å². The van der Waals surface area contributed by atoms with Gasteiger partial charge in [0.2, 0.25) is 0 Å². The van der Waals surface area contributed by atoms with Gasteiger partial charge in [0.25, 0.3) is 5.91 Å². The molecule has 0 bridgehead atoms. The molecule has 0 spiro atoms. The van der Waals surface area contributed by atoms with Crippen LogP contribution in [0.25, 0.3) is 0 Å². The Hall–Kier alpha value is -3.28. The minimum absolute atomic E-state index is 0.274. The van der Waals surface area contributed by atoms with Crippen molar-refractivity contribution in [3.63, 3.8) is 0 Å². The van der Waals surface area contributed by atoms with Crippen LogP contribution in [0.15, 0.2) is 48.5 Å². The summed E-state index contributed by atoms with van der Waals surface area (Å²) in [7, 11) is 0. The van der Waals surface area contributed by atoms with Gasteiger partial charge in [-0.25, -0.2) is 14.4 Å². The first kappa shape index (κ1) is 18.5. The highest BCUT2D eigenvalue weighted by atomic mass is 19.1. The second-order valence-corrected chi connectivity index (χ2v) is 6.42. The Balaban J connectivity index is 1.72. The van der Waals surface area contributed by atoms with Crippen molar-refractivity contribution in [1.82, 2.24) is 15.3 Å². The van der Waals surface area contributed by atoms with Gasteiger partial charge in [0.05, 0.1) is 0 Å². The molecule has 0 aliphatic rings. The van der Waals surface area contributed by atoms with E-state index in [0.29, 0.717) is 18.2 Å². The van der Waals surface area contributed by atoms with E-state index in [4.69, 9.17) is 0 Å². The fourth-order valence-corrected chi connectivity index (χ4v) is 2.59. The predicted octanol–water partition coefficient (Wildman–Crippen LogP) is 4.21. The van der Waals surface area contributed by atoms with Gasteiger partial charge in [-0.15, -0.1) is 0 Å². The first-order valence-corrected chi connectivity index (χ1v) is 8.63. The standard InChI is InChI=1S/C21H21FN4O/c1-13-4-9-18(10-14(13)2)26-20-11-19(24-15(3)25-20)21(27)23-12-16-5-7-17(22)8-6-16/h4-11H,12H2,1-3H3,(H,23,27)(H,24,25,26). The number of benzene rings is 2. The summed E-state index contributed by atoms with van der Waals surface area (Å²) in [4.78, 5) is 21.0. The highest BCUT2D eigenvalue weighted by molar-refractivity contribution is 5.93. The van der Waals surface area contributed by atoms with Gasteiger partial charge in [0.15, 0.2) is 0 Å². The molecule has 6 heteroatoms. The summed E-state index contributed by atoms with van der Waals surface area (Å²) in [6.07, 6.45) is 0. The minimum atomic E-state index is -0.312. The summed E-state index contributed by atoms with van der Waals surface area (Å²) in [5.41, 5.74) is 4.36. The molecule has 3 rings (SSSR count). The molecular formula is C21H21FN4O. The number of nitrogens with one attached hydrogen (secondary N) is 2. The van der Waals surface area contributed by atoms with Gasteiger partial charge in [-0.2, -0.15) is 0 Å². The van der Waals surface area contributed by atoms with Crippen LogP contribution in [0.5, 0.6) is 0 Å². The number of carbonyl (C=O) groups is 1. The minimum Gasteiger partial charge on any atom is -0.347 e. The fourth-order valence-electron chi connectivity index (χ4n) is 2.59. The van der Waals surface area contributed by atoms with Crippen molar-refractivity contribution in [3.8, 4) is 0 Å². The molecule has 0 atom stereocenters. The van der Waals surface area contributed by atoms with Crippen LogP contribution in [0.4, 0.5) is 15.9 Å². The summed E-state index contributed by atoms with van der Waals surface area (Å²) in [5.74, 6) is 0.431. The highest BCUT2D eigenvalue weighted by Gasteiger charge is 2.11. The van der Waals surface area contributed by atoms with E-state index in [2.05, 4.69) is 27.5 Å². The number of amides is 1. The van der Waals surface area contributed by atoms with Crippen molar-refractivity contribution in [2.45, 2.75) is 27.3 Å². The molecule has 5 nitrogen and oxygen atoms in total. The SMILES string of the molecule is Cc1nc(Nc2ccc(C)c(C)c2)cc(C(=O)NCc2ccc(F)cc2)n1. The lowest BCUT2D eigenvalue weighted by Gasteiger charge is -2.10. The number of aromatic nitrogens is 2. The zero-order valence-electron chi connectivity index (χ0n) is 15.5. The van der Waals surface area contributed by atoms with Crippen LogP contribution in [0, 0.1) is 26.6 Å². The van der Waals surface area contributed by atoms with Crippen LogP contribution in [0.1, 0.15) is 33.0 Å². The van der Waals surface area contributed by atoms with E-state index in [9.17, 15) is 9.18 Å². The Morgan fingerprint density at radius 2 is 1.70 bits per heavy atom. The van der Waals surface area contributed by atoms with Gasteiger partial charge in [-0.05, 0) is 61.7 Å². The Morgan fingerprint density at radius 1 is 0.963 bits per heavy atom. The third-order valence-electron chi connectivity index (χ3n) is 4.22. The van der Waals surface area contributed by atoms with E-state index in [0.717, 1.165) is 11.3 Å². The van der Waals surface area contributed by atoms with Crippen LogP contribution < -0.4 is 10.6 Å². The van der Waals surface area contributed by atoms with Crippen molar-refractivity contribution < 1.29 is 9.18 Å². The number of aryl methyl sites for hydroxylation is 3.